The zero-order valence-corrected chi connectivity index (χ0v) is 10.4. The summed E-state index contributed by atoms with van der Waals surface area (Å²) in [5.74, 6) is 0.893. The minimum atomic E-state index is -0.495. The zero-order chi connectivity index (χ0) is 12.1. The summed E-state index contributed by atoms with van der Waals surface area (Å²) in [6, 6.07) is 5.70. The van der Waals surface area contributed by atoms with E-state index >= 15 is 0 Å². The summed E-state index contributed by atoms with van der Waals surface area (Å²) < 4.78 is 10.2. The molecule has 0 spiro atoms. The lowest BCUT2D eigenvalue weighted by atomic mass is 9.94. The Morgan fingerprint density at radius 2 is 2.00 bits per heavy atom. The van der Waals surface area contributed by atoms with Gasteiger partial charge in [0.25, 0.3) is 0 Å². The fourth-order valence-corrected chi connectivity index (χ4v) is 1.77. The van der Waals surface area contributed by atoms with E-state index in [2.05, 4.69) is 0 Å². The van der Waals surface area contributed by atoms with Crippen LogP contribution in [0.15, 0.2) is 18.2 Å². The second-order valence-electron chi connectivity index (χ2n) is 4.10. The SMILES string of the molecule is COCC(C)C(O)c1ccc(OC)cc1C. The van der Waals surface area contributed by atoms with Gasteiger partial charge in [-0.3, -0.25) is 0 Å². The number of hydrogen-bond donors (Lipinski definition) is 1. The maximum Gasteiger partial charge on any atom is 0.119 e. The van der Waals surface area contributed by atoms with Crippen molar-refractivity contribution in [3.63, 3.8) is 0 Å². The first-order chi connectivity index (χ1) is 7.60. The van der Waals surface area contributed by atoms with Crippen molar-refractivity contribution in [3.8, 4) is 5.75 Å². The maximum atomic E-state index is 10.1. The Bertz CT molecular complexity index is 336. The van der Waals surface area contributed by atoms with Gasteiger partial charge in [-0.15, -0.1) is 0 Å². The van der Waals surface area contributed by atoms with E-state index in [9.17, 15) is 5.11 Å². The van der Waals surface area contributed by atoms with Gasteiger partial charge in [-0.2, -0.15) is 0 Å². The van der Waals surface area contributed by atoms with Crippen LogP contribution >= 0.6 is 0 Å². The third-order valence-corrected chi connectivity index (χ3v) is 2.76. The van der Waals surface area contributed by atoms with Crippen LogP contribution < -0.4 is 4.74 Å². The van der Waals surface area contributed by atoms with Crippen LogP contribution in [0, 0.1) is 12.8 Å². The minimum Gasteiger partial charge on any atom is -0.497 e. The van der Waals surface area contributed by atoms with E-state index in [0.29, 0.717) is 6.61 Å². The molecule has 0 saturated carbocycles. The van der Waals surface area contributed by atoms with Crippen molar-refractivity contribution < 1.29 is 14.6 Å². The summed E-state index contributed by atoms with van der Waals surface area (Å²) in [5.41, 5.74) is 1.97. The van der Waals surface area contributed by atoms with E-state index in [1.165, 1.54) is 0 Å². The first kappa shape index (κ1) is 13.0. The fraction of sp³-hybridized carbons (Fsp3) is 0.538. The van der Waals surface area contributed by atoms with Crippen LogP contribution in [-0.2, 0) is 4.74 Å². The van der Waals surface area contributed by atoms with E-state index in [4.69, 9.17) is 9.47 Å². The Labute approximate surface area is 97.0 Å². The summed E-state index contributed by atoms with van der Waals surface area (Å²) in [6.45, 7) is 4.49. The molecule has 16 heavy (non-hydrogen) atoms. The van der Waals surface area contributed by atoms with Gasteiger partial charge in [0.1, 0.15) is 5.75 Å². The quantitative estimate of drug-likeness (QED) is 0.834. The predicted octanol–water partition coefficient (Wildman–Crippen LogP) is 2.32. The van der Waals surface area contributed by atoms with Crippen molar-refractivity contribution in [2.75, 3.05) is 20.8 Å². The van der Waals surface area contributed by atoms with Gasteiger partial charge >= 0.3 is 0 Å². The number of aryl methyl sites for hydroxylation is 1. The lowest BCUT2D eigenvalue weighted by Crippen LogP contribution is -2.15. The van der Waals surface area contributed by atoms with Crippen LogP contribution in [0.4, 0.5) is 0 Å². The zero-order valence-electron chi connectivity index (χ0n) is 10.4. The van der Waals surface area contributed by atoms with Gasteiger partial charge in [-0.25, -0.2) is 0 Å². The van der Waals surface area contributed by atoms with Gasteiger partial charge in [-0.1, -0.05) is 13.0 Å². The van der Waals surface area contributed by atoms with E-state index in [1.807, 2.05) is 32.0 Å². The van der Waals surface area contributed by atoms with Gasteiger partial charge in [0.2, 0.25) is 0 Å². The molecule has 3 nitrogen and oxygen atoms in total. The second kappa shape index (κ2) is 5.87. The average molecular weight is 224 g/mol. The molecule has 0 aromatic heterocycles. The minimum absolute atomic E-state index is 0.0806. The van der Waals surface area contributed by atoms with Gasteiger partial charge in [0.15, 0.2) is 0 Å². The van der Waals surface area contributed by atoms with Crippen LogP contribution in [-0.4, -0.2) is 25.9 Å². The number of aliphatic hydroxyl groups is 1. The molecule has 2 unspecified atom stereocenters. The van der Waals surface area contributed by atoms with Crippen molar-refractivity contribution >= 4 is 0 Å². The van der Waals surface area contributed by atoms with Crippen LogP contribution in [0.25, 0.3) is 0 Å². The predicted molar refractivity (Wildman–Crippen MR) is 63.7 cm³/mol. The summed E-state index contributed by atoms with van der Waals surface area (Å²) in [7, 11) is 3.28. The van der Waals surface area contributed by atoms with Gasteiger partial charge in [0.05, 0.1) is 19.8 Å². The average Bonchev–Trinajstić information content (AvgIpc) is 2.28. The van der Waals surface area contributed by atoms with E-state index in [0.717, 1.165) is 16.9 Å². The monoisotopic (exact) mass is 224 g/mol. The summed E-state index contributed by atoms with van der Waals surface area (Å²) >= 11 is 0. The Morgan fingerprint density at radius 3 is 2.50 bits per heavy atom. The van der Waals surface area contributed by atoms with Gasteiger partial charge in [0, 0.05) is 13.0 Å². The smallest absolute Gasteiger partial charge is 0.119 e. The van der Waals surface area contributed by atoms with Crippen LogP contribution in [0.1, 0.15) is 24.2 Å². The Morgan fingerprint density at radius 1 is 1.31 bits per heavy atom. The molecule has 0 aliphatic rings. The van der Waals surface area contributed by atoms with Crippen molar-refractivity contribution in [1.29, 1.82) is 0 Å². The molecule has 1 aromatic rings. The first-order valence-electron chi connectivity index (χ1n) is 5.41. The highest BCUT2D eigenvalue weighted by molar-refractivity contribution is 5.36. The molecular formula is C13H20O3. The Balaban J connectivity index is 2.87. The third kappa shape index (κ3) is 2.97. The highest BCUT2D eigenvalue weighted by Gasteiger charge is 2.18. The lowest BCUT2D eigenvalue weighted by Gasteiger charge is -2.20. The lowest BCUT2D eigenvalue weighted by molar-refractivity contribution is 0.0563. The molecule has 3 heteroatoms. The van der Waals surface area contributed by atoms with Crippen molar-refractivity contribution in [1.82, 2.24) is 0 Å². The number of benzene rings is 1. The number of rotatable bonds is 5. The van der Waals surface area contributed by atoms with Crippen LogP contribution in [0.3, 0.4) is 0 Å². The van der Waals surface area contributed by atoms with Gasteiger partial charge < -0.3 is 14.6 Å². The molecule has 0 bridgehead atoms. The number of hydrogen-bond acceptors (Lipinski definition) is 3. The highest BCUT2D eigenvalue weighted by Crippen LogP contribution is 2.27. The van der Waals surface area contributed by atoms with Crippen molar-refractivity contribution in [2.24, 2.45) is 5.92 Å². The molecule has 0 aliphatic heterocycles. The molecule has 1 rings (SSSR count). The number of aliphatic hydroxyl groups excluding tert-OH is 1. The van der Waals surface area contributed by atoms with Crippen molar-refractivity contribution in [3.05, 3.63) is 29.3 Å². The first-order valence-corrected chi connectivity index (χ1v) is 5.41. The largest absolute Gasteiger partial charge is 0.497 e. The van der Waals surface area contributed by atoms with Crippen molar-refractivity contribution in [2.45, 2.75) is 20.0 Å². The highest BCUT2D eigenvalue weighted by atomic mass is 16.5. The summed E-state index contributed by atoms with van der Waals surface area (Å²) in [5, 5.41) is 10.1. The maximum absolute atomic E-state index is 10.1. The molecule has 0 aliphatic carbocycles. The molecule has 0 radical (unpaired) electrons. The van der Waals surface area contributed by atoms with E-state index in [-0.39, 0.29) is 5.92 Å². The normalized spacial score (nSPS) is 14.6. The topological polar surface area (TPSA) is 38.7 Å². The number of ether oxygens (including phenoxy) is 2. The molecule has 2 atom stereocenters. The molecule has 0 saturated heterocycles. The molecule has 1 N–H and O–H groups in total. The summed E-state index contributed by atoms with van der Waals surface area (Å²) in [6.07, 6.45) is -0.495. The van der Waals surface area contributed by atoms with Crippen LogP contribution in [0.2, 0.25) is 0 Å². The van der Waals surface area contributed by atoms with E-state index in [1.54, 1.807) is 14.2 Å². The second-order valence-corrected chi connectivity index (χ2v) is 4.10. The standard InChI is InChI=1S/C13H20O3/c1-9-7-11(16-4)5-6-12(9)13(14)10(2)8-15-3/h5-7,10,13-14H,8H2,1-4H3. The Kier molecular flexibility index (Phi) is 4.77. The third-order valence-electron chi connectivity index (χ3n) is 2.76. The fourth-order valence-electron chi connectivity index (χ4n) is 1.77. The Hall–Kier alpha value is -1.06. The molecule has 0 amide bonds. The molecule has 90 valence electrons. The molecule has 0 heterocycles. The van der Waals surface area contributed by atoms with Gasteiger partial charge in [-0.05, 0) is 30.2 Å². The van der Waals surface area contributed by atoms with Crippen LogP contribution in [0.5, 0.6) is 5.75 Å². The molecule has 1 aromatic carbocycles. The van der Waals surface area contributed by atoms with E-state index < -0.39 is 6.10 Å². The number of methoxy groups -OCH3 is 2. The molecule has 0 fully saturated rings. The molecular weight excluding hydrogens is 204 g/mol. The summed E-state index contributed by atoms with van der Waals surface area (Å²) in [4.78, 5) is 0.